The summed E-state index contributed by atoms with van der Waals surface area (Å²) in [4.78, 5) is 11.0. The molecule has 0 saturated carbocycles. The van der Waals surface area contributed by atoms with Crippen LogP contribution in [0, 0.1) is 0 Å². The van der Waals surface area contributed by atoms with Crippen LogP contribution in [0.4, 0.5) is 0 Å². The molecule has 0 amide bonds. The van der Waals surface area contributed by atoms with Crippen LogP contribution < -0.4 is 0 Å². The van der Waals surface area contributed by atoms with Gasteiger partial charge in [0.2, 0.25) is 0 Å². The Kier molecular flexibility index (Phi) is 3.18. The van der Waals surface area contributed by atoms with Gasteiger partial charge in [0.15, 0.2) is 0 Å². The van der Waals surface area contributed by atoms with Crippen molar-refractivity contribution in [1.29, 1.82) is 0 Å². The Morgan fingerprint density at radius 3 is 2.93 bits per heavy atom. The van der Waals surface area contributed by atoms with Gasteiger partial charge in [-0.3, -0.25) is 0 Å². The zero-order valence-electron chi connectivity index (χ0n) is 8.56. The van der Waals surface area contributed by atoms with Crippen molar-refractivity contribution in [2.45, 2.75) is 25.4 Å². The van der Waals surface area contributed by atoms with E-state index in [1.54, 1.807) is 0 Å². The summed E-state index contributed by atoms with van der Waals surface area (Å²) in [5, 5.41) is 0. The first-order chi connectivity index (χ1) is 7.34. The molecule has 0 fully saturated rings. The summed E-state index contributed by atoms with van der Waals surface area (Å²) in [6, 6.07) is 0. The fraction of sp³-hybridized carbons (Fsp3) is 0.308. The normalized spacial score (nSPS) is 25.5. The average Bonchev–Trinajstić information content (AvgIpc) is 2.28. The molecule has 1 unspecified atom stereocenters. The minimum absolute atomic E-state index is 0.0984. The van der Waals surface area contributed by atoms with Crippen LogP contribution in [0.2, 0.25) is 0 Å². The van der Waals surface area contributed by atoms with Gasteiger partial charge in [0.05, 0.1) is 0 Å². The smallest absolute Gasteiger partial charge is 0.331 e. The van der Waals surface area contributed by atoms with E-state index in [1.807, 2.05) is 18.2 Å². The number of hydrogen-bond donors (Lipinski definition) is 0. The first-order valence-corrected chi connectivity index (χ1v) is 5.26. The van der Waals surface area contributed by atoms with Crippen molar-refractivity contribution in [3.8, 4) is 0 Å². The lowest BCUT2D eigenvalue weighted by Gasteiger charge is -2.14. The van der Waals surface area contributed by atoms with Gasteiger partial charge in [0.1, 0.15) is 6.10 Å². The summed E-state index contributed by atoms with van der Waals surface area (Å²) in [7, 11) is 0. The number of hydrogen-bond acceptors (Lipinski definition) is 2. The van der Waals surface area contributed by atoms with Crippen molar-refractivity contribution in [3.05, 3.63) is 48.1 Å². The van der Waals surface area contributed by atoms with Gasteiger partial charge < -0.3 is 4.74 Å². The van der Waals surface area contributed by atoms with Crippen molar-refractivity contribution in [3.63, 3.8) is 0 Å². The fourth-order valence-corrected chi connectivity index (χ4v) is 1.63. The molecule has 1 aliphatic heterocycles. The predicted octanol–water partition coefficient (Wildman–Crippen LogP) is 2.69. The van der Waals surface area contributed by atoms with Gasteiger partial charge >= 0.3 is 5.97 Å². The van der Waals surface area contributed by atoms with E-state index in [9.17, 15) is 4.79 Å². The fourth-order valence-electron chi connectivity index (χ4n) is 1.63. The Morgan fingerprint density at radius 1 is 1.27 bits per heavy atom. The van der Waals surface area contributed by atoms with Crippen LogP contribution >= 0.6 is 0 Å². The van der Waals surface area contributed by atoms with Gasteiger partial charge in [-0.15, -0.1) is 0 Å². The highest BCUT2D eigenvalue weighted by atomic mass is 16.5. The second-order valence-electron chi connectivity index (χ2n) is 3.66. The van der Waals surface area contributed by atoms with Crippen LogP contribution in [-0.4, -0.2) is 12.1 Å². The number of carbonyl (C=O) groups excluding carboxylic acids is 1. The van der Waals surface area contributed by atoms with E-state index in [2.05, 4.69) is 18.2 Å². The monoisotopic (exact) mass is 202 g/mol. The van der Waals surface area contributed by atoms with Gasteiger partial charge in [0, 0.05) is 12.5 Å². The van der Waals surface area contributed by atoms with Crippen LogP contribution in [0.15, 0.2) is 48.1 Å². The Morgan fingerprint density at radius 2 is 2.20 bits per heavy atom. The first-order valence-electron chi connectivity index (χ1n) is 5.26. The van der Waals surface area contributed by atoms with Crippen LogP contribution in [0.1, 0.15) is 19.3 Å². The number of carbonyl (C=O) groups is 1. The molecule has 0 N–H and O–H groups in total. The third-order valence-corrected chi connectivity index (χ3v) is 2.42. The Hall–Kier alpha value is -1.57. The Labute approximate surface area is 89.6 Å². The topological polar surface area (TPSA) is 26.3 Å². The zero-order chi connectivity index (χ0) is 10.5. The number of ether oxygens (including phenoxy) is 1. The lowest BCUT2D eigenvalue weighted by Crippen LogP contribution is -2.17. The molecule has 1 heterocycles. The summed E-state index contributed by atoms with van der Waals surface area (Å²) >= 11 is 0. The molecule has 1 aliphatic carbocycles. The van der Waals surface area contributed by atoms with Gasteiger partial charge in [-0.1, -0.05) is 30.4 Å². The molecule has 1 atom stereocenters. The first kappa shape index (κ1) is 9.97. The SMILES string of the molecule is O=C1C=CCC(/C=C/C2=CCCC=C2)O1. The highest BCUT2D eigenvalue weighted by Gasteiger charge is 2.12. The van der Waals surface area contributed by atoms with E-state index >= 15 is 0 Å². The molecule has 2 heteroatoms. The van der Waals surface area contributed by atoms with E-state index in [0.29, 0.717) is 0 Å². The van der Waals surface area contributed by atoms with Crippen LogP contribution in [0.3, 0.4) is 0 Å². The minimum atomic E-state index is -0.246. The maximum atomic E-state index is 11.0. The van der Waals surface area contributed by atoms with Gasteiger partial charge in [0.25, 0.3) is 0 Å². The highest BCUT2D eigenvalue weighted by molar-refractivity contribution is 5.82. The zero-order valence-corrected chi connectivity index (χ0v) is 8.56. The molecule has 0 radical (unpaired) electrons. The summed E-state index contributed by atoms with van der Waals surface area (Å²) in [6.45, 7) is 0. The average molecular weight is 202 g/mol. The molecule has 0 aromatic heterocycles. The van der Waals surface area contributed by atoms with Gasteiger partial charge in [-0.05, 0) is 24.5 Å². The highest BCUT2D eigenvalue weighted by Crippen LogP contribution is 2.14. The standard InChI is InChI=1S/C13H14O2/c14-13-8-4-7-12(15-13)10-9-11-5-2-1-3-6-11/h2,4-6,8-10,12H,1,3,7H2/b10-9+. The Balaban J connectivity index is 1.93. The Bertz CT molecular complexity index is 359. The number of esters is 1. The summed E-state index contributed by atoms with van der Waals surface area (Å²) < 4.78 is 5.11. The van der Waals surface area contributed by atoms with Crippen LogP contribution in [0.5, 0.6) is 0 Å². The molecule has 78 valence electrons. The van der Waals surface area contributed by atoms with E-state index in [-0.39, 0.29) is 12.1 Å². The minimum Gasteiger partial charge on any atom is -0.455 e. The van der Waals surface area contributed by atoms with Crippen LogP contribution in [-0.2, 0) is 9.53 Å². The van der Waals surface area contributed by atoms with E-state index in [4.69, 9.17) is 4.74 Å². The van der Waals surface area contributed by atoms with Gasteiger partial charge in [-0.25, -0.2) is 4.79 Å². The molecule has 0 spiro atoms. The third kappa shape index (κ3) is 2.94. The molecule has 0 aromatic rings. The van der Waals surface area contributed by atoms with Crippen molar-refractivity contribution in [1.82, 2.24) is 0 Å². The maximum Gasteiger partial charge on any atom is 0.331 e. The van der Waals surface area contributed by atoms with Gasteiger partial charge in [-0.2, -0.15) is 0 Å². The molecule has 2 nitrogen and oxygen atoms in total. The van der Waals surface area contributed by atoms with E-state index in [0.717, 1.165) is 19.3 Å². The molecule has 15 heavy (non-hydrogen) atoms. The second-order valence-corrected chi connectivity index (χ2v) is 3.66. The summed E-state index contributed by atoms with van der Waals surface area (Å²) in [6.07, 6.45) is 16.6. The number of allylic oxidation sites excluding steroid dienone is 5. The lowest BCUT2D eigenvalue weighted by molar-refractivity contribution is -0.141. The maximum absolute atomic E-state index is 11.0. The lowest BCUT2D eigenvalue weighted by atomic mass is 10.1. The number of rotatable bonds is 2. The van der Waals surface area contributed by atoms with E-state index < -0.39 is 0 Å². The summed E-state index contributed by atoms with van der Waals surface area (Å²) in [5.74, 6) is -0.246. The van der Waals surface area contributed by atoms with Crippen LogP contribution in [0.25, 0.3) is 0 Å². The van der Waals surface area contributed by atoms with E-state index in [1.165, 1.54) is 11.6 Å². The number of cyclic esters (lactones) is 1. The molecular formula is C13H14O2. The molecular weight excluding hydrogens is 188 g/mol. The molecule has 0 bridgehead atoms. The van der Waals surface area contributed by atoms with Crippen molar-refractivity contribution >= 4 is 5.97 Å². The summed E-state index contributed by atoms with van der Waals surface area (Å²) in [5.41, 5.74) is 1.20. The molecule has 2 rings (SSSR count). The van der Waals surface area contributed by atoms with Crippen molar-refractivity contribution in [2.24, 2.45) is 0 Å². The second kappa shape index (κ2) is 4.78. The van der Waals surface area contributed by atoms with Crippen molar-refractivity contribution < 1.29 is 9.53 Å². The third-order valence-electron chi connectivity index (χ3n) is 2.42. The predicted molar refractivity (Wildman–Crippen MR) is 59.2 cm³/mol. The largest absolute Gasteiger partial charge is 0.455 e. The molecule has 0 aromatic carbocycles. The molecule has 0 saturated heterocycles. The molecule has 2 aliphatic rings. The van der Waals surface area contributed by atoms with Crippen molar-refractivity contribution in [2.75, 3.05) is 0 Å². The quantitative estimate of drug-likeness (QED) is 0.643.